The molecule has 6 heteroatoms. The number of aromatic nitrogens is 1. The third-order valence-corrected chi connectivity index (χ3v) is 2.70. The summed E-state index contributed by atoms with van der Waals surface area (Å²) >= 11 is 0. The number of anilines is 1. The van der Waals surface area contributed by atoms with Crippen molar-refractivity contribution >= 4 is 17.9 Å². The zero-order chi connectivity index (χ0) is 13.1. The summed E-state index contributed by atoms with van der Waals surface area (Å²) in [4.78, 5) is 28.5. The molecule has 0 spiro atoms. The van der Waals surface area contributed by atoms with Crippen LogP contribution in [0.4, 0.5) is 6.01 Å². The Morgan fingerprint density at radius 1 is 1.78 bits per heavy atom. The van der Waals surface area contributed by atoms with Crippen molar-refractivity contribution in [3.05, 3.63) is 24.6 Å². The van der Waals surface area contributed by atoms with E-state index in [1.54, 1.807) is 13.0 Å². The fraction of sp³-hybridized carbons (Fsp3) is 0.417. The number of nitrogens with zero attached hydrogens (tertiary/aromatic N) is 2. The molecular weight excluding hydrogens is 236 g/mol. The van der Waals surface area contributed by atoms with Crippen molar-refractivity contribution in [2.45, 2.75) is 13.3 Å². The lowest BCUT2D eigenvalue weighted by Gasteiger charge is -2.09. The molecule has 1 amide bonds. The van der Waals surface area contributed by atoms with Gasteiger partial charge in [0.05, 0.1) is 6.61 Å². The molecule has 0 N–H and O–H groups in total. The molecule has 0 bridgehead atoms. The van der Waals surface area contributed by atoms with Gasteiger partial charge in [-0.15, -0.1) is 6.58 Å². The quantitative estimate of drug-likeness (QED) is 0.596. The number of rotatable bonds is 4. The van der Waals surface area contributed by atoms with Crippen LogP contribution in [0.2, 0.25) is 0 Å². The third-order valence-electron chi connectivity index (χ3n) is 2.70. The van der Waals surface area contributed by atoms with Gasteiger partial charge in [0.25, 0.3) is 0 Å². The molecule has 2 heterocycles. The van der Waals surface area contributed by atoms with E-state index in [2.05, 4.69) is 11.6 Å². The van der Waals surface area contributed by atoms with Crippen molar-refractivity contribution in [2.24, 2.45) is 5.92 Å². The Labute approximate surface area is 104 Å². The smallest absolute Gasteiger partial charge is 0.360 e. The molecule has 1 fully saturated rings. The Kier molecular flexibility index (Phi) is 3.45. The lowest BCUT2D eigenvalue weighted by atomic mass is 10.1. The molecule has 0 aromatic carbocycles. The second kappa shape index (κ2) is 5.03. The van der Waals surface area contributed by atoms with Crippen LogP contribution < -0.4 is 4.90 Å². The summed E-state index contributed by atoms with van der Waals surface area (Å²) in [5.41, 5.74) is 0.0710. The van der Waals surface area contributed by atoms with Gasteiger partial charge in [0, 0.05) is 18.9 Å². The molecule has 1 unspecified atom stereocenters. The fourth-order valence-electron chi connectivity index (χ4n) is 1.77. The molecule has 18 heavy (non-hydrogen) atoms. The second-order valence-corrected chi connectivity index (χ2v) is 3.94. The SMILES string of the molecule is C=CC1CC(=O)N(c2nc(C(=O)OCC)co2)C1. The lowest BCUT2D eigenvalue weighted by molar-refractivity contribution is -0.117. The Morgan fingerprint density at radius 2 is 2.56 bits per heavy atom. The van der Waals surface area contributed by atoms with Crippen molar-refractivity contribution in [2.75, 3.05) is 18.1 Å². The fourth-order valence-corrected chi connectivity index (χ4v) is 1.77. The van der Waals surface area contributed by atoms with Crippen molar-refractivity contribution in [1.82, 2.24) is 4.98 Å². The Morgan fingerprint density at radius 3 is 3.17 bits per heavy atom. The summed E-state index contributed by atoms with van der Waals surface area (Å²) in [7, 11) is 0. The van der Waals surface area contributed by atoms with Crippen molar-refractivity contribution in [3.8, 4) is 0 Å². The van der Waals surface area contributed by atoms with Gasteiger partial charge in [-0.1, -0.05) is 6.08 Å². The van der Waals surface area contributed by atoms with Crippen LogP contribution >= 0.6 is 0 Å². The van der Waals surface area contributed by atoms with Gasteiger partial charge in [-0.2, -0.15) is 4.98 Å². The number of hydrogen-bond donors (Lipinski definition) is 0. The number of carbonyl (C=O) groups is 2. The maximum atomic E-state index is 11.7. The van der Waals surface area contributed by atoms with Gasteiger partial charge in [0.1, 0.15) is 6.26 Å². The zero-order valence-corrected chi connectivity index (χ0v) is 10.1. The average molecular weight is 250 g/mol. The van der Waals surface area contributed by atoms with Crippen LogP contribution in [-0.2, 0) is 9.53 Å². The molecule has 0 radical (unpaired) electrons. The molecule has 1 atom stereocenters. The molecule has 1 aromatic rings. The van der Waals surface area contributed by atoms with E-state index >= 15 is 0 Å². The van der Waals surface area contributed by atoms with Crippen molar-refractivity contribution in [3.63, 3.8) is 0 Å². The first-order valence-electron chi connectivity index (χ1n) is 5.71. The van der Waals surface area contributed by atoms with E-state index in [1.165, 1.54) is 11.2 Å². The van der Waals surface area contributed by atoms with Crippen LogP contribution in [0, 0.1) is 5.92 Å². The van der Waals surface area contributed by atoms with Gasteiger partial charge < -0.3 is 9.15 Å². The largest absolute Gasteiger partial charge is 0.461 e. The maximum absolute atomic E-state index is 11.7. The van der Waals surface area contributed by atoms with E-state index in [0.717, 1.165) is 0 Å². The molecule has 0 aliphatic carbocycles. The molecule has 1 aliphatic heterocycles. The highest BCUT2D eigenvalue weighted by Crippen LogP contribution is 2.24. The summed E-state index contributed by atoms with van der Waals surface area (Å²) in [5, 5.41) is 0. The number of carbonyl (C=O) groups excluding carboxylic acids is 2. The minimum Gasteiger partial charge on any atom is -0.461 e. The number of hydrogen-bond acceptors (Lipinski definition) is 5. The molecule has 6 nitrogen and oxygen atoms in total. The molecule has 1 aliphatic rings. The first kappa shape index (κ1) is 12.3. The van der Waals surface area contributed by atoms with Gasteiger partial charge in [-0.25, -0.2) is 4.79 Å². The minimum absolute atomic E-state index is 0.0710. The second-order valence-electron chi connectivity index (χ2n) is 3.94. The van der Waals surface area contributed by atoms with E-state index in [1.807, 2.05) is 0 Å². The normalized spacial score (nSPS) is 19.1. The van der Waals surface area contributed by atoms with Gasteiger partial charge in [-0.05, 0) is 6.92 Å². The van der Waals surface area contributed by atoms with Crippen LogP contribution in [-0.4, -0.2) is 30.0 Å². The molecule has 1 aromatic heterocycles. The monoisotopic (exact) mass is 250 g/mol. The maximum Gasteiger partial charge on any atom is 0.360 e. The number of oxazole rings is 1. The molecule has 2 rings (SSSR count). The van der Waals surface area contributed by atoms with Gasteiger partial charge in [0.15, 0.2) is 5.69 Å². The summed E-state index contributed by atoms with van der Waals surface area (Å²) < 4.78 is 9.93. The van der Waals surface area contributed by atoms with Crippen LogP contribution in [0.15, 0.2) is 23.3 Å². The van der Waals surface area contributed by atoms with E-state index in [-0.39, 0.29) is 30.1 Å². The molecule has 1 saturated heterocycles. The Hall–Kier alpha value is -2.11. The number of amides is 1. The molecule has 0 saturated carbocycles. The third kappa shape index (κ3) is 2.27. The van der Waals surface area contributed by atoms with E-state index in [4.69, 9.17) is 9.15 Å². The summed E-state index contributed by atoms with van der Waals surface area (Å²) in [5.74, 6) is -0.549. The van der Waals surface area contributed by atoms with Crippen molar-refractivity contribution in [1.29, 1.82) is 0 Å². The summed E-state index contributed by atoms with van der Waals surface area (Å²) in [6.07, 6.45) is 3.32. The Bertz CT molecular complexity index is 480. The average Bonchev–Trinajstić information content (AvgIpc) is 2.95. The lowest BCUT2D eigenvalue weighted by Crippen LogP contribution is -2.24. The number of esters is 1. The molecule has 96 valence electrons. The van der Waals surface area contributed by atoms with E-state index in [9.17, 15) is 9.59 Å². The predicted octanol–water partition coefficient (Wildman–Crippen LogP) is 1.39. The highest BCUT2D eigenvalue weighted by Gasteiger charge is 2.32. The Balaban J connectivity index is 2.13. The van der Waals surface area contributed by atoms with Crippen LogP contribution in [0.5, 0.6) is 0 Å². The summed E-state index contributed by atoms with van der Waals surface area (Å²) in [6.45, 7) is 6.11. The first-order chi connectivity index (χ1) is 8.65. The van der Waals surface area contributed by atoms with E-state index < -0.39 is 5.97 Å². The highest BCUT2D eigenvalue weighted by molar-refractivity contribution is 5.94. The standard InChI is InChI=1S/C12H14N2O4/c1-3-8-5-10(15)14(6-8)12-13-9(7-18-12)11(16)17-4-2/h3,7-8H,1,4-6H2,2H3. The minimum atomic E-state index is -0.556. The van der Waals surface area contributed by atoms with Crippen LogP contribution in [0.1, 0.15) is 23.8 Å². The van der Waals surface area contributed by atoms with Crippen molar-refractivity contribution < 1.29 is 18.7 Å². The first-order valence-corrected chi connectivity index (χ1v) is 5.71. The summed E-state index contributed by atoms with van der Waals surface area (Å²) in [6, 6.07) is 0.132. The highest BCUT2D eigenvalue weighted by atomic mass is 16.5. The van der Waals surface area contributed by atoms with Crippen LogP contribution in [0.25, 0.3) is 0 Å². The predicted molar refractivity (Wildman–Crippen MR) is 63.1 cm³/mol. The van der Waals surface area contributed by atoms with Gasteiger partial charge in [-0.3, -0.25) is 9.69 Å². The molecular formula is C12H14N2O4. The van der Waals surface area contributed by atoms with Crippen LogP contribution in [0.3, 0.4) is 0 Å². The topological polar surface area (TPSA) is 72.6 Å². The van der Waals surface area contributed by atoms with E-state index in [0.29, 0.717) is 13.0 Å². The van der Waals surface area contributed by atoms with Gasteiger partial charge in [0.2, 0.25) is 5.91 Å². The zero-order valence-electron chi connectivity index (χ0n) is 10.1. The van der Waals surface area contributed by atoms with Gasteiger partial charge >= 0.3 is 12.0 Å². The number of ether oxygens (including phenoxy) is 1.